The van der Waals surface area contributed by atoms with E-state index in [9.17, 15) is 33.6 Å². The van der Waals surface area contributed by atoms with Gasteiger partial charge in [0.15, 0.2) is 0 Å². The molecule has 2 fully saturated rings. The summed E-state index contributed by atoms with van der Waals surface area (Å²) in [4.78, 5) is 100. The molecular formula is C56H75N7O10. The van der Waals surface area contributed by atoms with Crippen molar-refractivity contribution in [2.24, 2.45) is 11.3 Å². The average Bonchev–Trinajstić information content (AvgIpc) is 3.79. The molecule has 2 aliphatic heterocycles. The monoisotopic (exact) mass is 1010 g/mol. The number of hydrogen-bond acceptors (Lipinski definition) is 10. The van der Waals surface area contributed by atoms with Crippen LogP contribution in [-0.2, 0) is 41.5 Å². The second-order valence-electron chi connectivity index (χ2n) is 22.0. The Morgan fingerprint density at radius 3 is 1.74 bits per heavy atom. The molecule has 0 unspecified atom stereocenters. The van der Waals surface area contributed by atoms with Crippen LogP contribution in [0.3, 0.4) is 0 Å². The lowest BCUT2D eigenvalue weighted by atomic mass is 9.71. The number of amides is 7. The third kappa shape index (κ3) is 16.8. The standard InChI is InChI=1S/C56H75N7O10/c1-37(2)31-43(59-48(65)44(32-38-17-11-9-12-18-38)60-49(66)45(33-39-19-13-10-14-20-39)61-53(70)73-55(6,7)8)47(64)58-42(21-15-16-27-57-52(69)72-54(3,4)5)51(68)62-28-25-56(26-29-62)35-63(36-56)50(67)41-22-23-46-40(34-41)24-30-71-46/h9-14,17-20,22-24,30,34,37,42-45H,15-16,21,25-29,31-33,35-36H2,1-8H3,(H,57,69)(H,58,64)(H,59,65)(H,60,66)(H,61,70)/t42-,43-,44-,45-/m1/s1. The first-order chi connectivity index (χ1) is 34.5. The number of nitrogens with one attached hydrogen (secondary N) is 5. The van der Waals surface area contributed by atoms with Crippen molar-refractivity contribution in [3.05, 3.63) is 108 Å². The fraction of sp³-hybridized carbons (Fsp3) is 0.518. The summed E-state index contributed by atoms with van der Waals surface area (Å²) in [6.07, 6.45) is 3.25. The van der Waals surface area contributed by atoms with Crippen molar-refractivity contribution in [2.45, 2.75) is 142 Å². The minimum Gasteiger partial charge on any atom is -0.464 e. The number of carbonyl (C=O) groups excluding carboxylic acids is 7. The molecular weight excluding hydrogens is 931 g/mol. The summed E-state index contributed by atoms with van der Waals surface area (Å²) in [5.41, 5.74) is 1.21. The van der Waals surface area contributed by atoms with Gasteiger partial charge in [-0.25, -0.2) is 9.59 Å². The first kappa shape index (κ1) is 55.4. The molecule has 3 heterocycles. The van der Waals surface area contributed by atoms with Crippen LogP contribution in [0.2, 0.25) is 0 Å². The summed E-state index contributed by atoms with van der Waals surface area (Å²) >= 11 is 0. The summed E-state index contributed by atoms with van der Waals surface area (Å²) in [7, 11) is 0. The number of piperidine rings is 1. The second kappa shape index (κ2) is 24.7. The van der Waals surface area contributed by atoms with E-state index in [1.165, 1.54) is 0 Å². The van der Waals surface area contributed by atoms with Gasteiger partial charge in [0.25, 0.3) is 5.91 Å². The molecule has 73 heavy (non-hydrogen) atoms. The van der Waals surface area contributed by atoms with Gasteiger partial charge in [0.1, 0.15) is 41.0 Å². The Labute approximate surface area is 429 Å². The van der Waals surface area contributed by atoms with Crippen LogP contribution in [0.1, 0.15) is 115 Å². The SMILES string of the molecule is CC(C)C[C@@H](NC(=O)[C@@H](Cc1ccccc1)NC(=O)[C@@H](Cc1ccccc1)NC(=O)OC(C)(C)C)C(=O)N[C@H](CCCCNC(=O)OC(C)(C)C)C(=O)N1CCC2(CC1)CN(C(=O)c1ccc3occc3c1)C2. The molecule has 0 aliphatic carbocycles. The maximum Gasteiger partial charge on any atom is 0.408 e. The first-order valence-electron chi connectivity index (χ1n) is 25.6. The van der Waals surface area contributed by atoms with E-state index in [2.05, 4.69) is 26.6 Å². The maximum absolute atomic E-state index is 14.5. The highest BCUT2D eigenvalue weighted by Crippen LogP contribution is 2.41. The predicted molar refractivity (Wildman–Crippen MR) is 277 cm³/mol. The van der Waals surface area contributed by atoms with Gasteiger partial charge < -0.3 is 50.3 Å². The largest absolute Gasteiger partial charge is 0.464 e. The van der Waals surface area contributed by atoms with E-state index in [0.717, 1.165) is 22.1 Å². The lowest BCUT2D eigenvalue weighted by molar-refractivity contribution is -0.141. The van der Waals surface area contributed by atoms with Crippen LogP contribution in [0.5, 0.6) is 0 Å². The highest BCUT2D eigenvalue weighted by atomic mass is 16.6. The molecule has 1 spiro atoms. The Morgan fingerprint density at radius 1 is 0.630 bits per heavy atom. The van der Waals surface area contributed by atoms with Gasteiger partial charge in [-0.05, 0) is 121 Å². The quantitative estimate of drug-likeness (QED) is 0.0568. The zero-order chi connectivity index (χ0) is 52.9. The number of alkyl carbamates (subject to hydrolysis) is 2. The maximum atomic E-state index is 14.5. The third-order valence-corrected chi connectivity index (χ3v) is 12.9. The van der Waals surface area contributed by atoms with Crippen molar-refractivity contribution in [2.75, 3.05) is 32.7 Å². The second-order valence-corrected chi connectivity index (χ2v) is 22.0. The van der Waals surface area contributed by atoms with Crippen LogP contribution in [-0.4, -0.2) is 120 Å². The van der Waals surface area contributed by atoms with Gasteiger partial charge in [0, 0.05) is 61.9 Å². The lowest BCUT2D eigenvalue weighted by Gasteiger charge is -2.54. The van der Waals surface area contributed by atoms with E-state index in [1.54, 1.807) is 64.8 Å². The van der Waals surface area contributed by atoms with Crippen molar-refractivity contribution in [3.8, 4) is 0 Å². The fourth-order valence-corrected chi connectivity index (χ4v) is 9.25. The topological polar surface area (TPSA) is 218 Å². The van der Waals surface area contributed by atoms with Crippen molar-refractivity contribution < 1.29 is 47.5 Å². The van der Waals surface area contributed by atoms with E-state index in [4.69, 9.17) is 13.9 Å². The molecule has 1 aromatic heterocycles. The molecule has 17 heteroatoms. The zero-order valence-electron chi connectivity index (χ0n) is 43.7. The van der Waals surface area contributed by atoms with Gasteiger partial charge in [0.05, 0.1) is 6.26 Å². The van der Waals surface area contributed by atoms with Gasteiger partial charge in [0.2, 0.25) is 23.6 Å². The molecule has 394 valence electrons. The van der Waals surface area contributed by atoms with E-state index in [-0.39, 0.29) is 48.8 Å². The Bertz CT molecular complexity index is 2520. The molecule has 4 aromatic rings. The molecule has 0 saturated carbocycles. The smallest absolute Gasteiger partial charge is 0.408 e. The number of furan rings is 1. The highest BCUT2D eigenvalue weighted by molar-refractivity contribution is 5.98. The molecule has 7 amide bonds. The van der Waals surface area contributed by atoms with E-state index >= 15 is 0 Å². The van der Waals surface area contributed by atoms with Crippen molar-refractivity contribution in [1.29, 1.82) is 0 Å². The minimum absolute atomic E-state index is 0.0459. The molecule has 0 radical (unpaired) electrons. The molecule has 17 nitrogen and oxygen atoms in total. The normalized spacial score (nSPS) is 16.1. The van der Waals surface area contributed by atoms with Gasteiger partial charge in [-0.3, -0.25) is 24.0 Å². The van der Waals surface area contributed by atoms with Crippen molar-refractivity contribution in [1.82, 2.24) is 36.4 Å². The summed E-state index contributed by atoms with van der Waals surface area (Å²) < 4.78 is 16.3. The number of fused-ring (bicyclic) bond motifs is 1. The molecule has 2 saturated heterocycles. The zero-order valence-corrected chi connectivity index (χ0v) is 43.7. The Kier molecular flexibility index (Phi) is 18.7. The highest BCUT2D eigenvalue weighted by Gasteiger charge is 2.48. The Balaban J connectivity index is 1.15. The van der Waals surface area contributed by atoms with Crippen LogP contribution in [0.15, 0.2) is 95.6 Å². The van der Waals surface area contributed by atoms with E-state index in [1.807, 2.05) is 91.5 Å². The lowest BCUT2D eigenvalue weighted by Crippen LogP contribution is -2.63. The molecule has 3 aromatic carbocycles. The first-order valence-corrected chi connectivity index (χ1v) is 25.6. The van der Waals surface area contributed by atoms with Gasteiger partial charge in [-0.2, -0.15) is 0 Å². The van der Waals surface area contributed by atoms with E-state index in [0.29, 0.717) is 64.0 Å². The molecule has 5 N–H and O–H groups in total. The van der Waals surface area contributed by atoms with Crippen molar-refractivity contribution in [3.63, 3.8) is 0 Å². The number of ether oxygens (including phenoxy) is 2. The predicted octanol–water partition coefficient (Wildman–Crippen LogP) is 7.07. The number of carbonyl (C=O) groups is 7. The third-order valence-electron chi connectivity index (χ3n) is 12.9. The summed E-state index contributed by atoms with van der Waals surface area (Å²) in [5.74, 6) is -2.17. The number of nitrogens with zero attached hydrogens (tertiary/aromatic N) is 2. The molecule has 2 aliphatic rings. The van der Waals surface area contributed by atoms with Gasteiger partial charge in [-0.15, -0.1) is 0 Å². The number of unbranched alkanes of at least 4 members (excludes halogenated alkanes) is 1. The summed E-state index contributed by atoms with van der Waals surface area (Å²) in [6.45, 7) is 16.7. The number of benzene rings is 3. The van der Waals surface area contributed by atoms with Crippen LogP contribution in [0, 0.1) is 11.3 Å². The number of likely N-dealkylation sites (tertiary alicyclic amines) is 2. The van der Waals surface area contributed by atoms with Crippen LogP contribution in [0.4, 0.5) is 9.59 Å². The van der Waals surface area contributed by atoms with Gasteiger partial charge >= 0.3 is 12.2 Å². The number of hydrogen-bond donors (Lipinski definition) is 5. The van der Waals surface area contributed by atoms with Crippen LogP contribution in [0.25, 0.3) is 11.0 Å². The van der Waals surface area contributed by atoms with Crippen LogP contribution < -0.4 is 26.6 Å². The van der Waals surface area contributed by atoms with Crippen molar-refractivity contribution >= 4 is 52.7 Å². The Hall–Kier alpha value is -6.91. The minimum atomic E-state index is -1.18. The summed E-state index contributed by atoms with van der Waals surface area (Å²) in [6, 6.07) is 21.2. The fourth-order valence-electron chi connectivity index (χ4n) is 9.25. The molecule has 4 atom stereocenters. The summed E-state index contributed by atoms with van der Waals surface area (Å²) in [5, 5.41) is 15.1. The average molecular weight is 1010 g/mol. The Morgan fingerprint density at radius 2 is 1.16 bits per heavy atom. The molecule has 0 bridgehead atoms. The number of rotatable bonds is 20. The van der Waals surface area contributed by atoms with Crippen LogP contribution >= 0.6 is 0 Å². The molecule has 6 rings (SSSR count). The van der Waals surface area contributed by atoms with E-state index < -0.39 is 65.3 Å². The van der Waals surface area contributed by atoms with Gasteiger partial charge in [-0.1, -0.05) is 74.5 Å².